The number of aromatic nitrogens is 2. The monoisotopic (exact) mass is 329 g/mol. The summed E-state index contributed by atoms with van der Waals surface area (Å²) in [5.74, 6) is 0.284. The van der Waals surface area contributed by atoms with Gasteiger partial charge in [0.25, 0.3) is 5.91 Å². The van der Waals surface area contributed by atoms with Gasteiger partial charge in [-0.25, -0.2) is 9.78 Å². The lowest BCUT2D eigenvalue weighted by Gasteiger charge is -2.38. The highest BCUT2D eigenvalue weighted by atomic mass is 16.2. The first-order valence-electron chi connectivity index (χ1n) is 8.83. The number of likely N-dealkylation sites (tertiary alicyclic amines) is 1. The molecule has 0 N–H and O–H groups in total. The fourth-order valence-electron chi connectivity index (χ4n) is 4.14. The van der Waals surface area contributed by atoms with Gasteiger partial charge in [0, 0.05) is 45.1 Å². The van der Waals surface area contributed by atoms with Gasteiger partial charge in [0.1, 0.15) is 5.69 Å². The Morgan fingerprint density at radius 2 is 1.83 bits per heavy atom. The van der Waals surface area contributed by atoms with Gasteiger partial charge in [0.2, 0.25) is 0 Å². The molecule has 0 aliphatic carbocycles. The third-order valence-corrected chi connectivity index (χ3v) is 5.41. The van der Waals surface area contributed by atoms with Gasteiger partial charge in [-0.2, -0.15) is 0 Å². The first kappa shape index (κ1) is 15.4. The van der Waals surface area contributed by atoms with Crippen molar-refractivity contribution >= 4 is 11.9 Å². The lowest BCUT2D eigenvalue weighted by Crippen LogP contribution is -2.52. The Morgan fingerprint density at radius 1 is 1.00 bits per heavy atom. The molecule has 5 rings (SSSR count). The summed E-state index contributed by atoms with van der Waals surface area (Å²) in [6.07, 6.45) is 8.90. The third-order valence-electron chi connectivity index (χ3n) is 5.41. The highest BCUT2D eigenvalue weighted by Crippen LogP contribution is 2.30. The Labute approximate surface area is 141 Å². The SMILES string of the molecule is O=C(c1cnccn1)N1C[C@@H]2CC[C@H](C1)N(C(=O)N1CCCC1)C2. The Bertz CT molecular complexity index is 617. The van der Waals surface area contributed by atoms with Gasteiger partial charge >= 0.3 is 6.03 Å². The standard InChI is InChI=1S/C17H23N5O2/c23-16(15-9-18-5-6-19-15)21-10-13-3-4-14(12-21)22(11-13)17(24)20-7-1-2-8-20/h5-6,9,13-14H,1-4,7-8,10-12H2/t13-,14+/m0/s1. The summed E-state index contributed by atoms with van der Waals surface area (Å²) in [4.78, 5) is 39.5. The minimum Gasteiger partial charge on any atom is -0.335 e. The van der Waals surface area contributed by atoms with E-state index in [4.69, 9.17) is 0 Å². The highest BCUT2D eigenvalue weighted by Gasteiger charge is 2.40. The number of rotatable bonds is 1. The second-order valence-electron chi connectivity index (χ2n) is 7.03. The summed E-state index contributed by atoms with van der Waals surface area (Å²) < 4.78 is 0. The molecule has 0 radical (unpaired) electrons. The molecule has 24 heavy (non-hydrogen) atoms. The summed E-state index contributed by atoms with van der Waals surface area (Å²) >= 11 is 0. The van der Waals surface area contributed by atoms with Crippen LogP contribution in [0.3, 0.4) is 0 Å². The van der Waals surface area contributed by atoms with Crippen LogP contribution in [0.2, 0.25) is 0 Å². The second kappa shape index (κ2) is 6.37. The molecule has 0 aromatic carbocycles. The van der Waals surface area contributed by atoms with Crippen molar-refractivity contribution in [1.82, 2.24) is 24.7 Å². The first-order valence-corrected chi connectivity index (χ1v) is 8.83. The average Bonchev–Trinajstić information content (AvgIpc) is 3.01. The molecule has 0 saturated carbocycles. The molecule has 4 aliphatic heterocycles. The number of carbonyl (C=O) groups excluding carboxylic acids is 2. The van der Waals surface area contributed by atoms with E-state index >= 15 is 0 Å². The zero-order valence-corrected chi connectivity index (χ0v) is 13.8. The number of hydrogen-bond donors (Lipinski definition) is 0. The summed E-state index contributed by atoms with van der Waals surface area (Å²) in [5.41, 5.74) is 0.385. The number of urea groups is 1. The van der Waals surface area contributed by atoms with Gasteiger partial charge in [-0.1, -0.05) is 0 Å². The van der Waals surface area contributed by atoms with E-state index in [2.05, 4.69) is 9.97 Å². The van der Waals surface area contributed by atoms with Crippen LogP contribution in [-0.2, 0) is 0 Å². The fourth-order valence-corrected chi connectivity index (χ4v) is 4.14. The van der Waals surface area contributed by atoms with Crippen LogP contribution in [0, 0.1) is 5.92 Å². The predicted molar refractivity (Wildman–Crippen MR) is 87.4 cm³/mol. The van der Waals surface area contributed by atoms with Gasteiger partial charge < -0.3 is 14.7 Å². The maximum atomic E-state index is 12.8. The predicted octanol–water partition coefficient (Wildman–Crippen LogP) is 1.23. The molecule has 0 spiro atoms. The van der Waals surface area contributed by atoms with E-state index in [9.17, 15) is 9.59 Å². The first-order chi connectivity index (χ1) is 11.7. The van der Waals surface area contributed by atoms with Crippen LogP contribution in [0.5, 0.6) is 0 Å². The quantitative estimate of drug-likeness (QED) is 0.777. The van der Waals surface area contributed by atoms with Crippen LogP contribution in [0.15, 0.2) is 18.6 Å². The minimum atomic E-state index is -0.0736. The van der Waals surface area contributed by atoms with Gasteiger partial charge in [-0.15, -0.1) is 0 Å². The van der Waals surface area contributed by atoms with E-state index in [0.717, 1.165) is 45.3 Å². The molecule has 7 nitrogen and oxygen atoms in total. The van der Waals surface area contributed by atoms with Crippen LogP contribution in [0.1, 0.15) is 36.2 Å². The molecule has 128 valence electrons. The van der Waals surface area contributed by atoms with Crippen molar-refractivity contribution in [2.24, 2.45) is 5.92 Å². The van der Waals surface area contributed by atoms with E-state index in [-0.39, 0.29) is 18.0 Å². The topological polar surface area (TPSA) is 69.6 Å². The lowest BCUT2D eigenvalue weighted by atomic mass is 9.95. The minimum absolute atomic E-state index is 0.0736. The van der Waals surface area contributed by atoms with Gasteiger partial charge in [-0.05, 0) is 31.6 Å². The van der Waals surface area contributed by atoms with Crippen molar-refractivity contribution in [2.45, 2.75) is 31.7 Å². The molecule has 7 heteroatoms. The molecule has 1 aromatic heterocycles. The zero-order chi connectivity index (χ0) is 16.5. The van der Waals surface area contributed by atoms with Crippen LogP contribution in [0.4, 0.5) is 4.79 Å². The van der Waals surface area contributed by atoms with E-state index < -0.39 is 0 Å². The number of hydrogen-bond acceptors (Lipinski definition) is 4. The Kier molecular flexibility index (Phi) is 4.08. The molecule has 2 atom stereocenters. The molecule has 2 bridgehead atoms. The van der Waals surface area contributed by atoms with Crippen molar-refractivity contribution in [3.63, 3.8) is 0 Å². The molecule has 0 unspecified atom stereocenters. The van der Waals surface area contributed by atoms with Crippen molar-refractivity contribution in [3.8, 4) is 0 Å². The maximum Gasteiger partial charge on any atom is 0.320 e. The van der Waals surface area contributed by atoms with Crippen LogP contribution in [0.25, 0.3) is 0 Å². The van der Waals surface area contributed by atoms with E-state index in [1.165, 1.54) is 6.20 Å². The second-order valence-corrected chi connectivity index (χ2v) is 7.03. The van der Waals surface area contributed by atoms with Gasteiger partial charge in [0.05, 0.1) is 12.2 Å². The zero-order valence-electron chi connectivity index (χ0n) is 13.8. The molecule has 4 aliphatic rings. The van der Waals surface area contributed by atoms with Crippen molar-refractivity contribution in [2.75, 3.05) is 32.7 Å². The van der Waals surface area contributed by atoms with Crippen molar-refractivity contribution < 1.29 is 9.59 Å². The van der Waals surface area contributed by atoms with Crippen molar-refractivity contribution in [3.05, 3.63) is 24.3 Å². The number of fused-ring (bicyclic) bond motifs is 4. The number of carbonyl (C=O) groups is 2. The van der Waals surface area contributed by atoms with Gasteiger partial charge in [-0.3, -0.25) is 9.78 Å². The Balaban J connectivity index is 1.50. The van der Waals surface area contributed by atoms with Crippen molar-refractivity contribution in [1.29, 1.82) is 0 Å². The molecule has 5 heterocycles. The Morgan fingerprint density at radius 3 is 2.58 bits per heavy atom. The van der Waals surface area contributed by atoms with E-state index in [1.54, 1.807) is 12.4 Å². The number of amides is 3. The summed E-state index contributed by atoms with van der Waals surface area (Å²) in [7, 11) is 0. The normalized spacial score (nSPS) is 26.6. The summed E-state index contributed by atoms with van der Waals surface area (Å²) in [6.45, 7) is 3.81. The third kappa shape index (κ3) is 2.83. The van der Waals surface area contributed by atoms with Crippen LogP contribution >= 0.6 is 0 Å². The molecular formula is C17H23N5O2. The van der Waals surface area contributed by atoms with Crippen LogP contribution in [-0.4, -0.2) is 75.4 Å². The van der Waals surface area contributed by atoms with Gasteiger partial charge in [0.15, 0.2) is 0 Å². The number of piperidine rings is 1. The van der Waals surface area contributed by atoms with E-state index in [0.29, 0.717) is 24.7 Å². The molecule has 4 fully saturated rings. The fraction of sp³-hybridized carbons (Fsp3) is 0.647. The molecular weight excluding hydrogens is 306 g/mol. The summed E-state index contributed by atoms with van der Waals surface area (Å²) in [6, 6.07) is 0.286. The van der Waals surface area contributed by atoms with Crippen LogP contribution < -0.4 is 0 Å². The largest absolute Gasteiger partial charge is 0.335 e. The molecule has 4 saturated heterocycles. The van der Waals surface area contributed by atoms with E-state index in [1.807, 2.05) is 14.7 Å². The smallest absolute Gasteiger partial charge is 0.320 e. The molecule has 1 aromatic rings. The molecule has 3 amide bonds. The highest BCUT2D eigenvalue weighted by molar-refractivity contribution is 5.92. The maximum absolute atomic E-state index is 12.8. The average molecular weight is 329 g/mol. The Hall–Kier alpha value is -2.18. The number of nitrogens with zero attached hydrogens (tertiary/aromatic N) is 5. The summed E-state index contributed by atoms with van der Waals surface area (Å²) in [5, 5.41) is 0. The lowest BCUT2D eigenvalue weighted by molar-refractivity contribution is 0.0731.